The summed E-state index contributed by atoms with van der Waals surface area (Å²) in [5.74, 6) is 0. The summed E-state index contributed by atoms with van der Waals surface area (Å²) in [5.41, 5.74) is 8.20. The summed E-state index contributed by atoms with van der Waals surface area (Å²) in [6.07, 6.45) is 1.09. The average molecular weight is 242 g/mol. The van der Waals surface area contributed by atoms with Gasteiger partial charge in [0.25, 0.3) is 0 Å². The number of rotatable bonds is 2. The van der Waals surface area contributed by atoms with Crippen molar-refractivity contribution in [3.05, 3.63) is 28.2 Å². The second-order valence-corrected chi connectivity index (χ2v) is 4.88. The Hall–Kier alpha value is -0.500. The van der Waals surface area contributed by atoms with Gasteiger partial charge in [-0.15, -0.1) is 0 Å². The van der Waals surface area contributed by atoms with Crippen molar-refractivity contribution in [1.82, 2.24) is 0 Å². The van der Waals surface area contributed by atoms with E-state index >= 15 is 0 Å². The Morgan fingerprint density at radius 2 is 2.00 bits per heavy atom. The van der Waals surface area contributed by atoms with Crippen LogP contribution in [-0.4, -0.2) is 0 Å². The van der Waals surface area contributed by atoms with E-state index in [1.54, 1.807) is 0 Å². The first-order chi connectivity index (χ1) is 5.97. The molecule has 2 heteroatoms. The summed E-state index contributed by atoms with van der Waals surface area (Å²) < 4.78 is 1.10. The lowest BCUT2D eigenvalue weighted by Gasteiger charge is -2.25. The van der Waals surface area contributed by atoms with Crippen LogP contribution in [0.1, 0.15) is 32.8 Å². The van der Waals surface area contributed by atoms with E-state index in [0.717, 1.165) is 16.6 Å². The number of benzene rings is 1. The summed E-state index contributed by atoms with van der Waals surface area (Å²) >= 11 is 3.46. The van der Waals surface area contributed by atoms with Gasteiger partial charge in [-0.05, 0) is 35.6 Å². The van der Waals surface area contributed by atoms with Crippen LogP contribution in [0.3, 0.4) is 0 Å². The Morgan fingerprint density at radius 3 is 2.54 bits per heavy atom. The molecule has 1 rings (SSSR count). The molecule has 1 aromatic carbocycles. The normalized spacial score (nSPS) is 11.7. The SMILES string of the molecule is CCC(C)(C)c1cc(Br)ccc1N. The number of hydrogen-bond acceptors (Lipinski definition) is 1. The zero-order chi connectivity index (χ0) is 10.1. The quantitative estimate of drug-likeness (QED) is 0.786. The number of anilines is 1. The van der Waals surface area contributed by atoms with Crippen molar-refractivity contribution >= 4 is 21.6 Å². The molecule has 0 bridgehead atoms. The molecule has 2 N–H and O–H groups in total. The average Bonchev–Trinajstić information content (AvgIpc) is 2.09. The molecule has 1 nitrogen and oxygen atoms in total. The molecule has 0 saturated heterocycles. The Kier molecular flexibility index (Phi) is 3.01. The summed E-state index contributed by atoms with van der Waals surface area (Å²) in [6.45, 7) is 6.61. The van der Waals surface area contributed by atoms with Gasteiger partial charge in [-0.1, -0.05) is 36.7 Å². The van der Waals surface area contributed by atoms with Crippen LogP contribution in [0.25, 0.3) is 0 Å². The standard InChI is InChI=1S/C11H16BrN/c1-4-11(2,3)9-7-8(12)5-6-10(9)13/h5-7H,4,13H2,1-3H3. The molecule has 0 aliphatic heterocycles. The number of halogens is 1. The van der Waals surface area contributed by atoms with Crippen molar-refractivity contribution in [2.45, 2.75) is 32.6 Å². The highest BCUT2D eigenvalue weighted by Crippen LogP contribution is 2.32. The van der Waals surface area contributed by atoms with Crippen LogP contribution in [-0.2, 0) is 5.41 Å². The Morgan fingerprint density at radius 1 is 1.38 bits per heavy atom. The van der Waals surface area contributed by atoms with Crippen molar-refractivity contribution < 1.29 is 0 Å². The lowest BCUT2D eigenvalue weighted by atomic mass is 9.81. The number of nitrogen functional groups attached to an aromatic ring is 1. The molecule has 0 saturated carbocycles. The molecule has 0 radical (unpaired) electrons. The van der Waals surface area contributed by atoms with Crippen LogP contribution in [0.2, 0.25) is 0 Å². The van der Waals surface area contributed by atoms with Gasteiger partial charge in [0.2, 0.25) is 0 Å². The van der Waals surface area contributed by atoms with Gasteiger partial charge >= 0.3 is 0 Å². The van der Waals surface area contributed by atoms with E-state index < -0.39 is 0 Å². The third-order valence-electron chi connectivity index (χ3n) is 2.63. The fourth-order valence-electron chi connectivity index (χ4n) is 1.31. The van der Waals surface area contributed by atoms with Crippen molar-refractivity contribution in [3.8, 4) is 0 Å². The molecular weight excluding hydrogens is 226 g/mol. The summed E-state index contributed by atoms with van der Waals surface area (Å²) in [6, 6.07) is 6.04. The summed E-state index contributed by atoms with van der Waals surface area (Å²) in [4.78, 5) is 0. The molecule has 0 amide bonds. The molecule has 1 aromatic rings. The number of hydrogen-bond donors (Lipinski definition) is 1. The molecule has 0 aliphatic rings. The maximum absolute atomic E-state index is 5.93. The van der Waals surface area contributed by atoms with Crippen LogP contribution in [0, 0.1) is 0 Å². The molecule has 0 unspecified atom stereocenters. The fourth-order valence-corrected chi connectivity index (χ4v) is 1.67. The Bertz CT molecular complexity index is 305. The van der Waals surface area contributed by atoms with Crippen LogP contribution in [0.4, 0.5) is 5.69 Å². The highest BCUT2D eigenvalue weighted by molar-refractivity contribution is 9.10. The maximum Gasteiger partial charge on any atom is 0.0352 e. The first-order valence-electron chi connectivity index (χ1n) is 4.53. The van der Waals surface area contributed by atoms with Crippen LogP contribution >= 0.6 is 15.9 Å². The van der Waals surface area contributed by atoms with Crippen molar-refractivity contribution in [3.63, 3.8) is 0 Å². The Balaban J connectivity index is 3.20. The first-order valence-corrected chi connectivity index (χ1v) is 5.32. The van der Waals surface area contributed by atoms with Crippen LogP contribution in [0.15, 0.2) is 22.7 Å². The number of nitrogens with two attached hydrogens (primary N) is 1. The largest absolute Gasteiger partial charge is 0.398 e. The molecule has 0 aliphatic carbocycles. The van der Waals surface area contributed by atoms with Gasteiger partial charge in [-0.2, -0.15) is 0 Å². The van der Waals surface area contributed by atoms with Gasteiger partial charge in [-0.25, -0.2) is 0 Å². The lowest BCUT2D eigenvalue weighted by Crippen LogP contribution is -2.17. The minimum Gasteiger partial charge on any atom is -0.398 e. The molecule has 13 heavy (non-hydrogen) atoms. The molecule has 0 spiro atoms. The molecule has 0 fully saturated rings. The highest BCUT2D eigenvalue weighted by Gasteiger charge is 2.20. The smallest absolute Gasteiger partial charge is 0.0352 e. The summed E-state index contributed by atoms with van der Waals surface area (Å²) in [7, 11) is 0. The van der Waals surface area contributed by atoms with E-state index in [0.29, 0.717) is 0 Å². The first kappa shape index (κ1) is 10.6. The zero-order valence-electron chi connectivity index (χ0n) is 8.39. The van der Waals surface area contributed by atoms with E-state index in [-0.39, 0.29) is 5.41 Å². The van der Waals surface area contributed by atoms with Crippen LogP contribution < -0.4 is 5.73 Å². The minimum atomic E-state index is 0.161. The third-order valence-corrected chi connectivity index (χ3v) is 3.12. The fraction of sp³-hybridized carbons (Fsp3) is 0.455. The molecule has 0 atom stereocenters. The van der Waals surface area contributed by atoms with E-state index in [1.165, 1.54) is 5.56 Å². The van der Waals surface area contributed by atoms with E-state index in [1.807, 2.05) is 12.1 Å². The van der Waals surface area contributed by atoms with Gasteiger partial charge < -0.3 is 5.73 Å². The lowest BCUT2D eigenvalue weighted by molar-refractivity contribution is 0.508. The maximum atomic E-state index is 5.93. The minimum absolute atomic E-state index is 0.161. The van der Waals surface area contributed by atoms with Gasteiger partial charge in [0.15, 0.2) is 0 Å². The van der Waals surface area contributed by atoms with E-state index in [4.69, 9.17) is 5.73 Å². The monoisotopic (exact) mass is 241 g/mol. The molecule has 0 heterocycles. The highest BCUT2D eigenvalue weighted by atomic mass is 79.9. The second-order valence-electron chi connectivity index (χ2n) is 3.97. The van der Waals surface area contributed by atoms with Crippen molar-refractivity contribution in [2.24, 2.45) is 0 Å². The van der Waals surface area contributed by atoms with Gasteiger partial charge in [0.1, 0.15) is 0 Å². The van der Waals surface area contributed by atoms with E-state index in [9.17, 15) is 0 Å². The van der Waals surface area contributed by atoms with Crippen molar-refractivity contribution in [2.75, 3.05) is 5.73 Å². The Labute approximate surface area is 88.5 Å². The molecular formula is C11H16BrN. The zero-order valence-corrected chi connectivity index (χ0v) is 9.98. The summed E-state index contributed by atoms with van der Waals surface area (Å²) in [5, 5.41) is 0. The topological polar surface area (TPSA) is 26.0 Å². The molecule has 0 aromatic heterocycles. The van der Waals surface area contributed by atoms with Crippen LogP contribution in [0.5, 0.6) is 0 Å². The van der Waals surface area contributed by atoms with Gasteiger partial charge in [0, 0.05) is 10.2 Å². The second kappa shape index (κ2) is 3.70. The van der Waals surface area contributed by atoms with E-state index in [2.05, 4.69) is 42.8 Å². The predicted octanol–water partition coefficient (Wildman–Crippen LogP) is 3.72. The predicted molar refractivity (Wildman–Crippen MR) is 61.9 cm³/mol. The van der Waals surface area contributed by atoms with Crippen molar-refractivity contribution in [1.29, 1.82) is 0 Å². The third kappa shape index (κ3) is 2.25. The van der Waals surface area contributed by atoms with Gasteiger partial charge in [0.05, 0.1) is 0 Å². The van der Waals surface area contributed by atoms with Gasteiger partial charge in [-0.3, -0.25) is 0 Å². The molecule has 72 valence electrons.